The van der Waals surface area contributed by atoms with Gasteiger partial charge in [0.05, 0.1) is 5.71 Å². The van der Waals surface area contributed by atoms with E-state index in [-0.39, 0.29) is 0 Å². The molecule has 0 aromatic heterocycles. The van der Waals surface area contributed by atoms with E-state index >= 15 is 0 Å². The summed E-state index contributed by atoms with van der Waals surface area (Å²) in [4.78, 5) is 4.79. The zero-order valence-electron chi connectivity index (χ0n) is 19.4. The van der Waals surface area contributed by atoms with Crippen molar-refractivity contribution in [1.29, 1.82) is 0 Å². The summed E-state index contributed by atoms with van der Waals surface area (Å²) in [6.45, 7) is 1.68. The molecule has 0 spiro atoms. The summed E-state index contributed by atoms with van der Waals surface area (Å²) >= 11 is 6.35. The molecule has 4 heteroatoms. The third kappa shape index (κ3) is 5.82. The number of allylic oxidation sites excluding steroid dienone is 1. The van der Waals surface area contributed by atoms with Crippen LogP contribution in [-0.4, -0.2) is 12.3 Å². The maximum absolute atomic E-state index is 6.35. The van der Waals surface area contributed by atoms with Crippen molar-refractivity contribution in [2.45, 2.75) is 19.6 Å². The number of aliphatic imine (C=N–C) groups is 1. The molecule has 0 radical (unpaired) electrons. The smallest absolute Gasteiger partial charge is 0.162 e. The molecule has 35 heavy (non-hydrogen) atoms. The molecule has 0 aliphatic carbocycles. The molecule has 0 unspecified atom stereocenters. The van der Waals surface area contributed by atoms with Crippen molar-refractivity contribution in [2.24, 2.45) is 4.99 Å². The third-order valence-electron chi connectivity index (χ3n) is 5.91. The summed E-state index contributed by atoms with van der Waals surface area (Å²) in [5.41, 5.74) is 6.37. The van der Waals surface area contributed by atoms with Gasteiger partial charge >= 0.3 is 0 Å². The molecule has 174 valence electrons. The van der Waals surface area contributed by atoms with Crippen molar-refractivity contribution < 1.29 is 9.47 Å². The second kappa shape index (κ2) is 11.1. The largest absolute Gasteiger partial charge is 0.485 e. The summed E-state index contributed by atoms with van der Waals surface area (Å²) in [6, 6.07) is 32.3. The minimum absolute atomic E-state index is 0.462. The molecule has 0 saturated carbocycles. The van der Waals surface area contributed by atoms with Crippen LogP contribution in [0.25, 0.3) is 6.08 Å². The van der Waals surface area contributed by atoms with E-state index in [1.165, 1.54) is 5.56 Å². The van der Waals surface area contributed by atoms with Gasteiger partial charge in [0, 0.05) is 17.1 Å². The highest BCUT2D eigenvalue weighted by Gasteiger charge is 2.18. The highest BCUT2D eigenvalue weighted by Crippen LogP contribution is 2.35. The molecular formula is C31H26ClNO2. The van der Waals surface area contributed by atoms with E-state index < -0.39 is 0 Å². The summed E-state index contributed by atoms with van der Waals surface area (Å²) in [6.07, 6.45) is 4.91. The molecule has 1 aliphatic rings. The Hall–Kier alpha value is -3.82. The Kier molecular flexibility index (Phi) is 7.26. The molecular weight excluding hydrogens is 454 g/mol. The van der Waals surface area contributed by atoms with E-state index in [0.29, 0.717) is 19.0 Å². The fraction of sp³-hybridized carbons (Fsp3) is 0.129. The Labute approximate surface area is 211 Å². The quantitative estimate of drug-likeness (QED) is 0.261. The number of nitrogens with zero attached hydrogens (tertiary/aromatic N) is 1. The fourth-order valence-electron chi connectivity index (χ4n) is 4.05. The Bertz CT molecular complexity index is 1350. The standard InChI is InChI=1S/C31H26ClNO2/c32-28-14-8-7-13-25(28)15-16-29-27-20-31(35-22-24-11-5-2-6-12-24)30(19-26(27)17-18-33-29)34-21-23-9-3-1-4-10-23/h1-16,19-20H,17-18,21-22H2/b16-15+. The fourth-order valence-corrected chi connectivity index (χ4v) is 4.25. The van der Waals surface area contributed by atoms with Crippen molar-refractivity contribution in [3.63, 3.8) is 0 Å². The van der Waals surface area contributed by atoms with Gasteiger partial charge in [0.15, 0.2) is 11.5 Å². The number of ether oxygens (including phenoxy) is 2. The van der Waals surface area contributed by atoms with Crippen molar-refractivity contribution >= 4 is 23.4 Å². The van der Waals surface area contributed by atoms with E-state index in [0.717, 1.165) is 51.7 Å². The van der Waals surface area contributed by atoms with E-state index in [9.17, 15) is 0 Å². The van der Waals surface area contributed by atoms with Crippen LogP contribution >= 0.6 is 11.6 Å². The van der Waals surface area contributed by atoms with Crippen LogP contribution in [0, 0.1) is 0 Å². The molecule has 1 heterocycles. The lowest BCUT2D eigenvalue weighted by Crippen LogP contribution is -2.12. The molecule has 0 bridgehead atoms. The zero-order chi connectivity index (χ0) is 23.9. The Balaban J connectivity index is 1.45. The molecule has 4 aromatic carbocycles. The molecule has 3 nitrogen and oxygen atoms in total. The predicted octanol–water partition coefficient (Wildman–Crippen LogP) is 7.56. The SMILES string of the molecule is Clc1ccccc1/C=C/C1=NCCc2cc(OCc3ccccc3)c(OCc3ccccc3)cc21. The van der Waals surface area contributed by atoms with Gasteiger partial charge in [-0.05, 0) is 52.9 Å². The molecule has 1 aliphatic heterocycles. The molecule has 0 amide bonds. The normalized spacial score (nSPS) is 12.8. The Morgan fingerprint density at radius 2 is 1.31 bits per heavy atom. The molecule has 0 atom stereocenters. The van der Waals surface area contributed by atoms with Gasteiger partial charge in [-0.1, -0.05) is 96.5 Å². The summed E-state index contributed by atoms with van der Waals surface area (Å²) < 4.78 is 12.5. The lowest BCUT2D eigenvalue weighted by Gasteiger charge is -2.20. The molecule has 5 rings (SSSR count). The van der Waals surface area contributed by atoms with Crippen LogP contribution < -0.4 is 9.47 Å². The van der Waals surface area contributed by atoms with Gasteiger partial charge in [0.25, 0.3) is 0 Å². The molecule has 4 aromatic rings. The monoisotopic (exact) mass is 479 g/mol. The predicted molar refractivity (Wildman–Crippen MR) is 144 cm³/mol. The minimum atomic E-state index is 0.462. The van der Waals surface area contributed by atoms with Crippen LogP contribution in [0.4, 0.5) is 0 Å². The van der Waals surface area contributed by atoms with Gasteiger partial charge < -0.3 is 9.47 Å². The van der Waals surface area contributed by atoms with Crippen molar-refractivity contribution in [1.82, 2.24) is 0 Å². The summed E-state index contributed by atoms with van der Waals surface area (Å²) in [5.74, 6) is 1.46. The number of benzene rings is 4. The third-order valence-corrected chi connectivity index (χ3v) is 6.25. The highest BCUT2D eigenvalue weighted by molar-refractivity contribution is 6.32. The first-order valence-corrected chi connectivity index (χ1v) is 12.1. The van der Waals surface area contributed by atoms with Gasteiger partial charge in [0.1, 0.15) is 13.2 Å². The van der Waals surface area contributed by atoms with Crippen LogP contribution in [0.1, 0.15) is 27.8 Å². The second-order valence-corrected chi connectivity index (χ2v) is 8.78. The van der Waals surface area contributed by atoms with E-state index in [2.05, 4.69) is 36.4 Å². The van der Waals surface area contributed by atoms with E-state index in [1.54, 1.807) is 0 Å². The maximum atomic E-state index is 6.35. The Morgan fingerprint density at radius 3 is 1.97 bits per heavy atom. The first-order valence-electron chi connectivity index (χ1n) is 11.7. The summed E-state index contributed by atoms with van der Waals surface area (Å²) in [5, 5.41) is 0.719. The molecule has 0 N–H and O–H groups in total. The second-order valence-electron chi connectivity index (χ2n) is 8.38. The van der Waals surface area contributed by atoms with Gasteiger partial charge in [-0.25, -0.2) is 0 Å². The van der Waals surface area contributed by atoms with Crippen LogP contribution in [-0.2, 0) is 19.6 Å². The van der Waals surface area contributed by atoms with Crippen LogP contribution in [0.5, 0.6) is 11.5 Å². The van der Waals surface area contributed by atoms with Gasteiger partial charge in [0.2, 0.25) is 0 Å². The highest BCUT2D eigenvalue weighted by atomic mass is 35.5. The van der Waals surface area contributed by atoms with E-state index in [1.807, 2.05) is 72.8 Å². The van der Waals surface area contributed by atoms with Gasteiger partial charge in [-0.3, -0.25) is 4.99 Å². The van der Waals surface area contributed by atoms with Crippen LogP contribution in [0.2, 0.25) is 5.02 Å². The topological polar surface area (TPSA) is 30.8 Å². The van der Waals surface area contributed by atoms with Crippen LogP contribution in [0.15, 0.2) is 108 Å². The zero-order valence-corrected chi connectivity index (χ0v) is 20.1. The first kappa shape index (κ1) is 22.9. The number of rotatable bonds is 8. The van der Waals surface area contributed by atoms with Crippen molar-refractivity contribution in [2.75, 3.05) is 6.54 Å². The maximum Gasteiger partial charge on any atom is 0.162 e. The number of hydrogen-bond acceptors (Lipinski definition) is 3. The Morgan fingerprint density at radius 1 is 0.714 bits per heavy atom. The van der Waals surface area contributed by atoms with Crippen LogP contribution in [0.3, 0.4) is 0 Å². The number of halogens is 1. The number of fused-ring (bicyclic) bond motifs is 1. The average molecular weight is 480 g/mol. The molecule has 0 fully saturated rings. The average Bonchev–Trinajstić information content (AvgIpc) is 2.91. The van der Waals surface area contributed by atoms with Crippen molar-refractivity contribution in [3.8, 4) is 11.5 Å². The van der Waals surface area contributed by atoms with Crippen molar-refractivity contribution in [3.05, 3.63) is 136 Å². The number of hydrogen-bond donors (Lipinski definition) is 0. The lowest BCUT2D eigenvalue weighted by molar-refractivity contribution is 0.255. The minimum Gasteiger partial charge on any atom is -0.485 e. The summed E-state index contributed by atoms with van der Waals surface area (Å²) in [7, 11) is 0. The van der Waals surface area contributed by atoms with E-state index in [4.69, 9.17) is 26.1 Å². The first-order chi connectivity index (χ1) is 17.3. The van der Waals surface area contributed by atoms with Gasteiger partial charge in [-0.2, -0.15) is 0 Å². The molecule has 0 saturated heterocycles. The lowest BCUT2D eigenvalue weighted by atomic mass is 9.96. The van der Waals surface area contributed by atoms with Gasteiger partial charge in [-0.15, -0.1) is 0 Å².